The van der Waals surface area contributed by atoms with Gasteiger partial charge >= 0.3 is 18.2 Å². The molecule has 38 heavy (non-hydrogen) atoms. The second-order valence-electron chi connectivity index (χ2n) is 9.97. The molecule has 3 rings (SSSR count). The highest BCUT2D eigenvalue weighted by atomic mass is 19.4. The van der Waals surface area contributed by atoms with Crippen LogP contribution in [0.15, 0.2) is 48.5 Å². The maximum absolute atomic E-state index is 12.9. The number of ether oxygens (including phenoxy) is 2. The lowest BCUT2D eigenvalue weighted by Crippen LogP contribution is -2.48. The van der Waals surface area contributed by atoms with Gasteiger partial charge in [0, 0.05) is 33.0 Å². The summed E-state index contributed by atoms with van der Waals surface area (Å²) in [6, 6.07) is 11.8. The van der Waals surface area contributed by atoms with Crippen molar-refractivity contribution in [3.05, 3.63) is 65.2 Å². The summed E-state index contributed by atoms with van der Waals surface area (Å²) < 4.78 is 50.4. The molecular weight excluding hydrogens is 501 g/mol. The number of hydrogen-bond donors (Lipinski definition) is 2. The van der Waals surface area contributed by atoms with Crippen molar-refractivity contribution in [3.8, 4) is 5.75 Å². The van der Waals surface area contributed by atoms with Gasteiger partial charge in [0.25, 0.3) is 0 Å². The van der Waals surface area contributed by atoms with Crippen molar-refractivity contribution in [2.45, 2.75) is 63.3 Å². The number of carboxylic acid groups (broad SMARTS) is 1. The smallest absolute Gasteiger partial charge is 0.416 e. The van der Waals surface area contributed by atoms with Crippen LogP contribution < -0.4 is 10.1 Å². The average Bonchev–Trinajstić information content (AvgIpc) is 3.13. The van der Waals surface area contributed by atoms with Gasteiger partial charge in [-0.05, 0) is 55.2 Å². The van der Waals surface area contributed by atoms with Crippen LogP contribution in [0.2, 0.25) is 0 Å². The van der Waals surface area contributed by atoms with Crippen LogP contribution in [0.3, 0.4) is 0 Å². The Morgan fingerprint density at radius 3 is 2.24 bits per heavy atom. The summed E-state index contributed by atoms with van der Waals surface area (Å²) in [5.41, 5.74) is -1.21. The Kier molecular flexibility index (Phi) is 9.30. The first-order chi connectivity index (χ1) is 17.9. The van der Waals surface area contributed by atoms with Gasteiger partial charge in [-0.25, -0.2) is 9.59 Å². The lowest BCUT2D eigenvalue weighted by Gasteiger charge is -2.35. The van der Waals surface area contributed by atoms with Crippen LogP contribution in [-0.4, -0.2) is 60.0 Å². The fourth-order valence-corrected chi connectivity index (χ4v) is 4.49. The van der Waals surface area contributed by atoms with E-state index in [0.717, 1.165) is 30.5 Å². The van der Waals surface area contributed by atoms with E-state index >= 15 is 0 Å². The predicted octanol–water partition coefficient (Wildman–Crippen LogP) is 5.31. The molecule has 0 spiro atoms. The number of halogens is 3. The number of rotatable bonds is 13. The number of alkyl halides is 3. The van der Waals surface area contributed by atoms with Crippen LogP contribution in [0.5, 0.6) is 5.75 Å². The summed E-state index contributed by atoms with van der Waals surface area (Å²) in [7, 11) is 1.67. The molecule has 2 unspecified atom stereocenters. The maximum atomic E-state index is 12.9. The second-order valence-corrected chi connectivity index (χ2v) is 9.97. The molecule has 2 aromatic rings. The van der Waals surface area contributed by atoms with Gasteiger partial charge in [0.05, 0.1) is 17.7 Å². The monoisotopic (exact) mass is 536 g/mol. The molecule has 7 nitrogen and oxygen atoms in total. The molecule has 208 valence electrons. The van der Waals surface area contributed by atoms with E-state index in [2.05, 4.69) is 5.32 Å². The molecule has 0 bridgehead atoms. The summed E-state index contributed by atoms with van der Waals surface area (Å²) in [6.07, 6.45) is -1.68. The standard InChI is InChI=1S/C28H35F3N2O5/c1-4-5-15-38-26(2,24(34)35)17-20-8-12-23(13-9-20)37-16-14-27(19-32-25(36)33(27)3)18-21-6-10-22(11-7-21)28(29,30)31/h6-13H,4-5,14-19H2,1-3H3,(H,32,36)(H,34,35). The second kappa shape index (κ2) is 12.1. The average molecular weight is 537 g/mol. The van der Waals surface area contributed by atoms with Crippen molar-refractivity contribution in [2.75, 3.05) is 26.8 Å². The number of carbonyl (C=O) groups excluding carboxylic acids is 1. The van der Waals surface area contributed by atoms with Crippen LogP contribution in [0.4, 0.5) is 18.0 Å². The number of unbranched alkanes of at least 4 members (excludes halogenated alkanes) is 1. The van der Waals surface area contributed by atoms with Gasteiger partial charge in [-0.15, -0.1) is 0 Å². The number of aliphatic carboxylic acids is 1. The summed E-state index contributed by atoms with van der Waals surface area (Å²) in [4.78, 5) is 25.6. The van der Waals surface area contributed by atoms with E-state index < -0.39 is 28.8 Å². The minimum atomic E-state index is -4.41. The predicted molar refractivity (Wildman–Crippen MR) is 136 cm³/mol. The molecule has 2 amide bonds. The van der Waals surface area contributed by atoms with Crippen molar-refractivity contribution in [1.29, 1.82) is 0 Å². The highest BCUT2D eigenvalue weighted by Crippen LogP contribution is 2.32. The van der Waals surface area contributed by atoms with E-state index in [1.165, 1.54) is 12.1 Å². The Morgan fingerprint density at radius 1 is 1.08 bits per heavy atom. The lowest BCUT2D eigenvalue weighted by atomic mass is 9.87. The molecule has 1 heterocycles. The quantitative estimate of drug-likeness (QED) is 0.339. The van der Waals surface area contributed by atoms with Crippen molar-refractivity contribution in [3.63, 3.8) is 0 Å². The number of nitrogens with one attached hydrogen (secondary N) is 1. The summed E-state index contributed by atoms with van der Waals surface area (Å²) in [6.45, 7) is 4.57. The molecule has 0 aliphatic carbocycles. The van der Waals surface area contributed by atoms with E-state index in [-0.39, 0.29) is 19.1 Å². The summed E-state index contributed by atoms with van der Waals surface area (Å²) >= 11 is 0. The van der Waals surface area contributed by atoms with E-state index in [1.807, 2.05) is 6.92 Å². The molecule has 0 saturated carbocycles. The van der Waals surface area contributed by atoms with Crippen LogP contribution in [0.1, 0.15) is 49.8 Å². The fraction of sp³-hybridized carbons (Fsp3) is 0.500. The first-order valence-corrected chi connectivity index (χ1v) is 12.7. The van der Waals surface area contributed by atoms with Crippen molar-refractivity contribution in [2.24, 2.45) is 0 Å². The Hall–Kier alpha value is -3.27. The number of urea groups is 1. The Balaban J connectivity index is 1.62. The minimum absolute atomic E-state index is 0.209. The third-order valence-corrected chi connectivity index (χ3v) is 7.07. The Morgan fingerprint density at radius 2 is 1.71 bits per heavy atom. The first-order valence-electron chi connectivity index (χ1n) is 12.7. The first kappa shape index (κ1) is 29.3. The molecule has 0 aromatic heterocycles. The highest BCUT2D eigenvalue weighted by molar-refractivity contribution is 5.78. The van der Waals surface area contributed by atoms with Gasteiger partial charge in [0.1, 0.15) is 5.75 Å². The van der Waals surface area contributed by atoms with Gasteiger partial charge in [0.15, 0.2) is 5.60 Å². The molecule has 1 fully saturated rings. The topological polar surface area (TPSA) is 88.1 Å². The molecule has 2 atom stereocenters. The van der Waals surface area contributed by atoms with Gasteiger partial charge in [-0.3, -0.25) is 0 Å². The van der Waals surface area contributed by atoms with Crippen LogP contribution >= 0.6 is 0 Å². The van der Waals surface area contributed by atoms with Crippen LogP contribution in [0.25, 0.3) is 0 Å². The van der Waals surface area contributed by atoms with Crippen LogP contribution in [0, 0.1) is 0 Å². The molecule has 1 aliphatic rings. The number of amides is 2. The van der Waals surface area contributed by atoms with Crippen molar-refractivity contribution in [1.82, 2.24) is 10.2 Å². The number of carbonyl (C=O) groups is 2. The van der Waals surface area contributed by atoms with Gasteiger partial charge in [0.2, 0.25) is 0 Å². The molecule has 0 radical (unpaired) electrons. The molecule has 10 heteroatoms. The van der Waals surface area contributed by atoms with E-state index in [0.29, 0.717) is 37.3 Å². The van der Waals surface area contributed by atoms with E-state index in [1.54, 1.807) is 43.1 Å². The zero-order chi connectivity index (χ0) is 28.0. The van der Waals surface area contributed by atoms with Gasteiger partial charge in [-0.1, -0.05) is 37.6 Å². The SMILES string of the molecule is CCCCOC(C)(Cc1ccc(OCCC2(Cc3ccc(C(F)(F)F)cc3)CNC(=O)N2C)cc1)C(=O)O. The molecule has 2 N–H and O–H groups in total. The third kappa shape index (κ3) is 7.18. The molecule has 1 saturated heterocycles. The van der Waals surface area contributed by atoms with E-state index in [9.17, 15) is 27.9 Å². The number of benzene rings is 2. The Bertz CT molecular complexity index is 1090. The third-order valence-electron chi connectivity index (χ3n) is 7.07. The normalized spacial score (nSPS) is 19.2. The zero-order valence-electron chi connectivity index (χ0n) is 21.9. The Labute approximate surface area is 220 Å². The lowest BCUT2D eigenvalue weighted by molar-refractivity contribution is -0.163. The maximum Gasteiger partial charge on any atom is 0.416 e. The highest BCUT2D eigenvalue weighted by Gasteiger charge is 2.43. The van der Waals surface area contributed by atoms with Crippen molar-refractivity contribution < 1.29 is 37.3 Å². The zero-order valence-corrected chi connectivity index (χ0v) is 21.9. The van der Waals surface area contributed by atoms with Gasteiger partial charge < -0.3 is 24.8 Å². The van der Waals surface area contributed by atoms with Gasteiger partial charge in [-0.2, -0.15) is 13.2 Å². The van der Waals surface area contributed by atoms with Crippen LogP contribution in [-0.2, 0) is 28.5 Å². The number of carboxylic acids is 1. The molecule has 2 aromatic carbocycles. The minimum Gasteiger partial charge on any atom is -0.494 e. The fourth-order valence-electron chi connectivity index (χ4n) is 4.49. The largest absolute Gasteiger partial charge is 0.494 e. The number of hydrogen-bond acceptors (Lipinski definition) is 4. The number of likely N-dealkylation sites (N-methyl/N-ethyl adjacent to an activating group) is 1. The molecular formula is C28H35F3N2O5. The number of nitrogens with zero attached hydrogens (tertiary/aromatic N) is 1. The summed E-state index contributed by atoms with van der Waals surface area (Å²) in [5.74, 6) is -0.432. The summed E-state index contributed by atoms with van der Waals surface area (Å²) in [5, 5.41) is 12.5. The van der Waals surface area contributed by atoms with Crippen molar-refractivity contribution >= 4 is 12.0 Å². The van der Waals surface area contributed by atoms with E-state index in [4.69, 9.17) is 9.47 Å². The molecule has 1 aliphatic heterocycles.